The molecule has 1 fully saturated rings. The van der Waals surface area contributed by atoms with Gasteiger partial charge in [-0.1, -0.05) is 18.5 Å². The van der Waals surface area contributed by atoms with Gasteiger partial charge in [-0.2, -0.15) is 4.98 Å². The van der Waals surface area contributed by atoms with Crippen LogP contribution in [0.4, 0.5) is 0 Å². The monoisotopic (exact) mass is 239 g/mol. The van der Waals surface area contributed by atoms with E-state index >= 15 is 0 Å². The van der Waals surface area contributed by atoms with Gasteiger partial charge in [0, 0.05) is 13.0 Å². The Labute approximate surface area is 102 Å². The molecule has 2 heterocycles. The molecule has 1 atom stereocenters. The summed E-state index contributed by atoms with van der Waals surface area (Å²) in [7, 11) is 0. The zero-order chi connectivity index (χ0) is 12.1. The molecule has 0 saturated carbocycles. The van der Waals surface area contributed by atoms with Gasteiger partial charge in [0.2, 0.25) is 5.89 Å². The summed E-state index contributed by atoms with van der Waals surface area (Å²) in [5.74, 6) is 1.48. The molecule has 0 spiro atoms. The zero-order valence-electron chi connectivity index (χ0n) is 10.4. The molecule has 17 heavy (non-hydrogen) atoms. The summed E-state index contributed by atoms with van der Waals surface area (Å²) in [5, 5.41) is 13.6. The molecule has 1 aromatic heterocycles. The summed E-state index contributed by atoms with van der Waals surface area (Å²) in [6.45, 7) is 4.56. The predicted molar refractivity (Wildman–Crippen MR) is 63.4 cm³/mol. The van der Waals surface area contributed by atoms with Crippen LogP contribution in [-0.2, 0) is 13.0 Å². The third-order valence-electron chi connectivity index (χ3n) is 3.10. The molecule has 0 aromatic carbocycles. The second-order valence-electron chi connectivity index (χ2n) is 4.74. The highest BCUT2D eigenvalue weighted by atomic mass is 16.5. The highest BCUT2D eigenvalue weighted by Gasteiger charge is 2.19. The number of hydrogen-bond acceptors (Lipinski definition) is 5. The number of rotatable bonds is 5. The van der Waals surface area contributed by atoms with Crippen molar-refractivity contribution in [2.45, 2.75) is 51.7 Å². The third-order valence-corrected chi connectivity index (χ3v) is 3.10. The minimum atomic E-state index is -0.199. The van der Waals surface area contributed by atoms with Crippen LogP contribution < -0.4 is 0 Å². The number of nitrogens with zero attached hydrogens (tertiary/aromatic N) is 3. The van der Waals surface area contributed by atoms with Gasteiger partial charge in [0.15, 0.2) is 5.82 Å². The maximum absolute atomic E-state index is 9.57. The van der Waals surface area contributed by atoms with E-state index in [0.29, 0.717) is 6.54 Å². The van der Waals surface area contributed by atoms with Gasteiger partial charge in [-0.3, -0.25) is 4.90 Å². The van der Waals surface area contributed by atoms with Crippen molar-refractivity contribution in [2.75, 3.05) is 13.1 Å². The molecule has 1 aromatic rings. The van der Waals surface area contributed by atoms with Gasteiger partial charge >= 0.3 is 0 Å². The Morgan fingerprint density at radius 1 is 1.53 bits per heavy atom. The van der Waals surface area contributed by atoms with E-state index in [-0.39, 0.29) is 6.10 Å². The van der Waals surface area contributed by atoms with Crippen molar-refractivity contribution >= 4 is 0 Å². The van der Waals surface area contributed by atoms with Gasteiger partial charge in [-0.05, 0) is 25.8 Å². The van der Waals surface area contributed by atoms with Crippen LogP contribution >= 0.6 is 0 Å². The van der Waals surface area contributed by atoms with Crippen molar-refractivity contribution in [1.82, 2.24) is 15.0 Å². The third kappa shape index (κ3) is 3.78. The number of aryl methyl sites for hydroxylation is 1. The van der Waals surface area contributed by atoms with Crippen molar-refractivity contribution in [3.05, 3.63) is 11.7 Å². The Bertz CT molecular complexity index is 340. The fourth-order valence-electron chi connectivity index (χ4n) is 2.16. The van der Waals surface area contributed by atoms with Crippen molar-refractivity contribution < 1.29 is 9.63 Å². The first kappa shape index (κ1) is 12.5. The lowest BCUT2D eigenvalue weighted by molar-refractivity contribution is 0.0651. The first-order valence-electron chi connectivity index (χ1n) is 6.50. The number of aliphatic hydroxyl groups is 1. The molecular formula is C12H21N3O2. The molecular weight excluding hydrogens is 218 g/mol. The second kappa shape index (κ2) is 6.12. The summed E-state index contributed by atoms with van der Waals surface area (Å²) >= 11 is 0. The summed E-state index contributed by atoms with van der Waals surface area (Å²) in [6, 6.07) is 0. The lowest BCUT2D eigenvalue weighted by Crippen LogP contribution is -2.37. The number of aliphatic hydroxyl groups excluding tert-OH is 1. The topological polar surface area (TPSA) is 62.4 Å². The van der Waals surface area contributed by atoms with Gasteiger partial charge in [0.05, 0.1) is 12.6 Å². The Morgan fingerprint density at radius 2 is 2.41 bits per heavy atom. The molecule has 0 bridgehead atoms. The molecule has 5 nitrogen and oxygen atoms in total. The quantitative estimate of drug-likeness (QED) is 0.840. The Balaban J connectivity index is 1.83. The highest BCUT2D eigenvalue weighted by Crippen LogP contribution is 2.12. The van der Waals surface area contributed by atoms with Crippen LogP contribution in [-0.4, -0.2) is 39.3 Å². The van der Waals surface area contributed by atoms with E-state index < -0.39 is 0 Å². The van der Waals surface area contributed by atoms with Gasteiger partial charge < -0.3 is 9.63 Å². The normalized spacial score (nSPS) is 21.9. The Morgan fingerprint density at radius 3 is 3.18 bits per heavy atom. The summed E-state index contributed by atoms with van der Waals surface area (Å²) in [6.07, 6.45) is 4.84. The molecule has 96 valence electrons. The van der Waals surface area contributed by atoms with E-state index in [0.717, 1.165) is 56.9 Å². The molecule has 0 aliphatic carbocycles. The highest BCUT2D eigenvalue weighted by molar-refractivity contribution is 4.87. The van der Waals surface area contributed by atoms with Gasteiger partial charge in [0.1, 0.15) is 0 Å². The van der Waals surface area contributed by atoms with Gasteiger partial charge in [-0.25, -0.2) is 0 Å². The largest absolute Gasteiger partial charge is 0.392 e. The van der Waals surface area contributed by atoms with Crippen molar-refractivity contribution in [3.63, 3.8) is 0 Å². The standard InChI is InChI=1S/C12H21N3O2/c1-2-3-6-12-13-11(14-17-12)9-15-7-4-5-10(16)8-15/h10,16H,2-9H2,1H3. The van der Waals surface area contributed by atoms with Crippen LogP contribution in [0.2, 0.25) is 0 Å². The van der Waals surface area contributed by atoms with Crippen LogP contribution in [0.3, 0.4) is 0 Å². The lowest BCUT2D eigenvalue weighted by Gasteiger charge is -2.28. The first-order valence-corrected chi connectivity index (χ1v) is 6.50. The molecule has 1 N–H and O–H groups in total. The van der Waals surface area contributed by atoms with Crippen LogP contribution in [0.1, 0.15) is 44.3 Å². The molecule has 2 rings (SSSR count). The summed E-state index contributed by atoms with van der Waals surface area (Å²) < 4.78 is 5.18. The van der Waals surface area contributed by atoms with Crippen molar-refractivity contribution in [2.24, 2.45) is 0 Å². The second-order valence-corrected chi connectivity index (χ2v) is 4.74. The zero-order valence-corrected chi connectivity index (χ0v) is 10.4. The summed E-state index contributed by atoms with van der Waals surface area (Å²) in [4.78, 5) is 6.55. The van der Waals surface area contributed by atoms with Gasteiger partial charge in [0.25, 0.3) is 0 Å². The number of piperidine rings is 1. The SMILES string of the molecule is CCCCc1nc(CN2CCCC(O)C2)no1. The smallest absolute Gasteiger partial charge is 0.226 e. The average Bonchev–Trinajstić information content (AvgIpc) is 2.74. The Hall–Kier alpha value is -0.940. The molecule has 1 saturated heterocycles. The number of hydrogen-bond donors (Lipinski definition) is 1. The number of β-amino-alcohol motifs (C(OH)–C–C–N with tert-alkyl or cyclic N) is 1. The molecule has 0 radical (unpaired) electrons. The van der Waals surface area contributed by atoms with Crippen LogP contribution in [0.15, 0.2) is 4.52 Å². The molecule has 1 aliphatic rings. The first-order chi connectivity index (χ1) is 8.28. The maximum Gasteiger partial charge on any atom is 0.226 e. The van der Waals surface area contributed by atoms with Gasteiger partial charge in [-0.15, -0.1) is 0 Å². The van der Waals surface area contributed by atoms with Crippen LogP contribution in [0.5, 0.6) is 0 Å². The maximum atomic E-state index is 9.57. The Kier molecular flexibility index (Phi) is 4.50. The number of likely N-dealkylation sites (tertiary alicyclic amines) is 1. The lowest BCUT2D eigenvalue weighted by atomic mass is 10.1. The van der Waals surface area contributed by atoms with Crippen LogP contribution in [0.25, 0.3) is 0 Å². The predicted octanol–water partition coefficient (Wildman–Crippen LogP) is 1.37. The average molecular weight is 239 g/mol. The van der Waals surface area contributed by atoms with E-state index in [2.05, 4.69) is 22.0 Å². The van der Waals surface area contributed by atoms with E-state index in [4.69, 9.17) is 4.52 Å². The van der Waals surface area contributed by atoms with E-state index in [1.54, 1.807) is 0 Å². The number of unbranched alkanes of at least 4 members (excludes halogenated alkanes) is 1. The number of aromatic nitrogens is 2. The fraction of sp³-hybridized carbons (Fsp3) is 0.833. The van der Waals surface area contributed by atoms with Crippen molar-refractivity contribution in [1.29, 1.82) is 0 Å². The molecule has 0 amide bonds. The molecule has 1 unspecified atom stereocenters. The fourth-order valence-corrected chi connectivity index (χ4v) is 2.16. The molecule has 5 heteroatoms. The molecule has 1 aliphatic heterocycles. The summed E-state index contributed by atoms with van der Waals surface area (Å²) in [5.41, 5.74) is 0. The minimum Gasteiger partial charge on any atom is -0.392 e. The van der Waals surface area contributed by atoms with E-state index in [9.17, 15) is 5.11 Å². The van der Waals surface area contributed by atoms with E-state index in [1.807, 2.05) is 0 Å². The minimum absolute atomic E-state index is 0.199. The van der Waals surface area contributed by atoms with E-state index in [1.165, 1.54) is 0 Å². The van der Waals surface area contributed by atoms with Crippen LogP contribution in [0, 0.1) is 0 Å². The van der Waals surface area contributed by atoms with Crippen molar-refractivity contribution in [3.8, 4) is 0 Å².